The molecule has 6 heteroatoms. The van der Waals surface area contributed by atoms with E-state index in [2.05, 4.69) is 32.9 Å². The maximum Gasteiger partial charge on any atom is 0.306 e. The molecule has 0 aliphatic carbocycles. The monoisotopic (exact) mass is 1010 g/mol. The van der Waals surface area contributed by atoms with Crippen LogP contribution in [0, 0.1) is 0 Å². The van der Waals surface area contributed by atoms with Crippen LogP contribution in [0.5, 0.6) is 0 Å². The summed E-state index contributed by atoms with van der Waals surface area (Å²) in [4.78, 5) is 37.9. The third-order valence-electron chi connectivity index (χ3n) is 15.0. The van der Waals surface area contributed by atoms with E-state index in [9.17, 15) is 14.4 Å². The Morgan fingerprint density at radius 1 is 0.264 bits per heavy atom. The SMILES string of the molecule is CCCCCCCCCC/C=C\CCCCCCCCCCCC(=O)OC(COC(=O)CCCCCCC)COC(=O)CCCCCCCCCCCCCCCCCCCCCCCCCCCCCC. The normalized spacial score (nSPS) is 12.0. The molecule has 0 radical (unpaired) electrons. The van der Waals surface area contributed by atoms with Crippen molar-refractivity contribution in [2.75, 3.05) is 13.2 Å². The van der Waals surface area contributed by atoms with Gasteiger partial charge in [0.15, 0.2) is 6.10 Å². The van der Waals surface area contributed by atoms with Gasteiger partial charge in [-0.3, -0.25) is 14.4 Å². The van der Waals surface area contributed by atoms with Crippen molar-refractivity contribution in [2.24, 2.45) is 0 Å². The van der Waals surface area contributed by atoms with Crippen LogP contribution in [0.2, 0.25) is 0 Å². The fraction of sp³-hybridized carbons (Fsp3) is 0.924. The quantitative estimate of drug-likeness (QED) is 0.0261. The lowest BCUT2D eigenvalue weighted by Crippen LogP contribution is -2.30. The second-order valence-corrected chi connectivity index (χ2v) is 22.4. The number of rotatable bonds is 61. The maximum absolute atomic E-state index is 12.8. The molecule has 0 heterocycles. The number of carbonyl (C=O) groups is 3. The lowest BCUT2D eigenvalue weighted by molar-refractivity contribution is -0.167. The highest BCUT2D eigenvalue weighted by Gasteiger charge is 2.19. The first-order valence-corrected chi connectivity index (χ1v) is 32.7. The van der Waals surface area contributed by atoms with Gasteiger partial charge < -0.3 is 14.2 Å². The van der Waals surface area contributed by atoms with Crippen LogP contribution in [0.25, 0.3) is 0 Å². The highest BCUT2D eigenvalue weighted by molar-refractivity contribution is 5.71. The van der Waals surface area contributed by atoms with Crippen LogP contribution in [0.1, 0.15) is 374 Å². The molecular weight excluding hydrogens is 889 g/mol. The lowest BCUT2D eigenvalue weighted by Gasteiger charge is -2.18. The molecule has 0 saturated heterocycles. The van der Waals surface area contributed by atoms with Gasteiger partial charge in [-0.05, 0) is 44.9 Å². The average molecular weight is 1020 g/mol. The summed E-state index contributed by atoms with van der Waals surface area (Å²) in [7, 11) is 0. The zero-order valence-electron chi connectivity index (χ0n) is 49.0. The summed E-state index contributed by atoms with van der Waals surface area (Å²) in [6.45, 7) is 6.62. The van der Waals surface area contributed by atoms with Crippen molar-refractivity contribution < 1.29 is 28.6 Å². The first kappa shape index (κ1) is 70.1. The van der Waals surface area contributed by atoms with Crippen molar-refractivity contribution >= 4 is 17.9 Å². The van der Waals surface area contributed by atoms with E-state index in [0.29, 0.717) is 19.3 Å². The van der Waals surface area contributed by atoms with E-state index in [1.807, 2.05) is 0 Å². The van der Waals surface area contributed by atoms with E-state index >= 15 is 0 Å². The zero-order chi connectivity index (χ0) is 52.2. The minimum absolute atomic E-state index is 0.0660. The molecule has 0 saturated carbocycles. The predicted octanol–water partition coefficient (Wildman–Crippen LogP) is 22.1. The number of unbranched alkanes of at least 4 members (excludes halogenated alkanes) is 48. The average Bonchev–Trinajstić information content (AvgIpc) is 3.38. The van der Waals surface area contributed by atoms with Gasteiger partial charge in [0, 0.05) is 19.3 Å². The summed E-state index contributed by atoms with van der Waals surface area (Å²) >= 11 is 0. The number of hydrogen-bond acceptors (Lipinski definition) is 6. The molecule has 426 valence electrons. The molecule has 0 amide bonds. The molecule has 0 N–H and O–H groups in total. The summed E-state index contributed by atoms with van der Waals surface area (Å²) in [5.74, 6) is -0.857. The van der Waals surface area contributed by atoms with E-state index < -0.39 is 6.10 Å². The van der Waals surface area contributed by atoms with Crippen LogP contribution in [-0.2, 0) is 28.6 Å². The number of ether oxygens (including phenoxy) is 3. The van der Waals surface area contributed by atoms with Crippen LogP contribution < -0.4 is 0 Å². The molecule has 0 aromatic carbocycles. The van der Waals surface area contributed by atoms with Crippen LogP contribution in [0.15, 0.2) is 12.2 Å². The van der Waals surface area contributed by atoms with Crippen LogP contribution in [0.4, 0.5) is 0 Å². The van der Waals surface area contributed by atoms with E-state index in [1.165, 1.54) is 270 Å². The third-order valence-corrected chi connectivity index (χ3v) is 15.0. The van der Waals surface area contributed by atoms with Crippen molar-refractivity contribution in [3.05, 3.63) is 12.2 Å². The second-order valence-electron chi connectivity index (χ2n) is 22.4. The molecule has 6 nitrogen and oxygen atoms in total. The van der Waals surface area contributed by atoms with E-state index in [-0.39, 0.29) is 31.1 Å². The number of carbonyl (C=O) groups excluding carboxylic acids is 3. The van der Waals surface area contributed by atoms with Crippen molar-refractivity contribution in [2.45, 2.75) is 380 Å². The zero-order valence-corrected chi connectivity index (χ0v) is 49.0. The molecule has 1 atom stereocenters. The summed E-state index contributed by atoms with van der Waals surface area (Å²) in [6, 6.07) is 0. The van der Waals surface area contributed by atoms with Gasteiger partial charge in [0.2, 0.25) is 0 Å². The van der Waals surface area contributed by atoms with Crippen molar-refractivity contribution in [1.29, 1.82) is 0 Å². The molecule has 0 fully saturated rings. The Balaban J connectivity index is 3.94. The smallest absolute Gasteiger partial charge is 0.306 e. The van der Waals surface area contributed by atoms with E-state index in [4.69, 9.17) is 14.2 Å². The van der Waals surface area contributed by atoms with Crippen LogP contribution in [-0.4, -0.2) is 37.2 Å². The molecule has 0 aromatic rings. The van der Waals surface area contributed by atoms with Gasteiger partial charge in [0.1, 0.15) is 13.2 Å². The van der Waals surface area contributed by atoms with Crippen LogP contribution in [0.3, 0.4) is 0 Å². The Labute approximate surface area is 450 Å². The van der Waals surface area contributed by atoms with Crippen molar-refractivity contribution in [3.8, 4) is 0 Å². The van der Waals surface area contributed by atoms with Crippen molar-refractivity contribution in [3.63, 3.8) is 0 Å². The Morgan fingerprint density at radius 3 is 0.694 bits per heavy atom. The van der Waals surface area contributed by atoms with E-state index in [1.54, 1.807) is 0 Å². The Kier molecular flexibility index (Phi) is 60.1. The Bertz CT molecular complexity index is 1120. The fourth-order valence-electron chi connectivity index (χ4n) is 10.1. The highest BCUT2D eigenvalue weighted by Crippen LogP contribution is 2.18. The standard InChI is InChI=1S/C66H126O6/c1-4-7-10-13-15-17-19-21-23-25-27-29-30-31-32-33-34-35-37-38-40-42-44-46-48-50-53-56-59-65(68)71-62-63(61-70-64(67)58-55-52-12-9-6-3)72-66(69)60-57-54-51-49-47-45-43-41-39-36-28-26-24-22-20-18-16-14-11-8-5-2/h26,28,63H,4-25,27,29-62H2,1-3H3/b28-26-. The van der Waals surface area contributed by atoms with Gasteiger partial charge in [-0.25, -0.2) is 0 Å². The van der Waals surface area contributed by atoms with Gasteiger partial charge in [0.05, 0.1) is 0 Å². The highest BCUT2D eigenvalue weighted by atomic mass is 16.6. The summed E-state index contributed by atoms with van der Waals surface area (Å²) in [6.07, 6.45) is 72.9. The Morgan fingerprint density at radius 2 is 0.458 bits per heavy atom. The molecule has 72 heavy (non-hydrogen) atoms. The molecule has 0 spiro atoms. The van der Waals surface area contributed by atoms with Gasteiger partial charge in [-0.1, -0.05) is 322 Å². The molecule has 1 unspecified atom stereocenters. The summed E-state index contributed by atoms with van der Waals surface area (Å²) in [5, 5.41) is 0. The number of esters is 3. The fourth-order valence-corrected chi connectivity index (χ4v) is 10.1. The third kappa shape index (κ3) is 59.0. The van der Waals surface area contributed by atoms with Crippen molar-refractivity contribution in [1.82, 2.24) is 0 Å². The van der Waals surface area contributed by atoms with E-state index in [0.717, 1.165) is 64.2 Å². The predicted molar refractivity (Wildman–Crippen MR) is 312 cm³/mol. The van der Waals surface area contributed by atoms with Gasteiger partial charge in [-0.2, -0.15) is 0 Å². The first-order valence-electron chi connectivity index (χ1n) is 32.7. The number of hydrogen-bond donors (Lipinski definition) is 0. The molecule has 0 aromatic heterocycles. The summed E-state index contributed by atoms with van der Waals surface area (Å²) in [5.41, 5.74) is 0. The first-order chi connectivity index (χ1) is 35.5. The minimum Gasteiger partial charge on any atom is -0.462 e. The topological polar surface area (TPSA) is 78.9 Å². The lowest BCUT2D eigenvalue weighted by atomic mass is 10.0. The molecule has 0 bridgehead atoms. The van der Waals surface area contributed by atoms with Gasteiger partial charge >= 0.3 is 17.9 Å². The largest absolute Gasteiger partial charge is 0.462 e. The molecular formula is C66H126O6. The minimum atomic E-state index is -0.764. The molecule has 0 rings (SSSR count). The Hall–Kier alpha value is -1.85. The van der Waals surface area contributed by atoms with Gasteiger partial charge in [0.25, 0.3) is 0 Å². The maximum atomic E-state index is 12.8. The summed E-state index contributed by atoms with van der Waals surface area (Å²) < 4.78 is 16.8. The molecule has 0 aliphatic rings. The second kappa shape index (κ2) is 61.7. The van der Waals surface area contributed by atoms with Gasteiger partial charge in [-0.15, -0.1) is 0 Å². The molecule has 0 aliphatic heterocycles. The van der Waals surface area contributed by atoms with Crippen LogP contribution >= 0.6 is 0 Å². The number of allylic oxidation sites excluding steroid dienone is 2.